The molecule has 0 bridgehead atoms. The fourth-order valence-corrected chi connectivity index (χ4v) is 2.03. The molecule has 1 saturated carbocycles. The van der Waals surface area contributed by atoms with Crippen LogP contribution in [0.4, 0.5) is 0 Å². The number of aliphatic hydroxyl groups is 1. The molecule has 1 N–H and O–H groups in total. The third kappa shape index (κ3) is 2.20. The van der Waals surface area contributed by atoms with Crippen molar-refractivity contribution in [1.82, 2.24) is 14.8 Å². The molecule has 0 radical (unpaired) electrons. The van der Waals surface area contributed by atoms with Crippen LogP contribution in [0.5, 0.6) is 0 Å². The van der Waals surface area contributed by atoms with Gasteiger partial charge in [-0.3, -0.25) is 0 Å². The summed E-state index contributed by atoms with van der Waals surface area (Å²) in [6, 6.07) is 0.316. The Balaban J connectivity index is 1.99. The van der Waals surface area contributed by atoms with Crippen LogP contribution >= 0.6 is 0 Å². The first-order chi connectivity index (χ1) is 7.18. The molecule has 1 heterocycles. The minimum Gasteiger partial charge on any atom is -0.392 e. The highest BCUT2D eigenvalue weighted by Crippen LogP contribution is 2.30. The molecule has 0 saturated heterocycles. The van der Waals surface area contributed by atoms with E-state index in [4.69, 9.17) is 0 Å². The van der Waals surface area contributed by atoms with Gasteiger partial charge < -0.3 is 5.11 Å². The number of hydrogen-bond donors (Lipinski definition) is 1. The average molecular weight is 209 g/mol. The Labute approximate surface area is 90.3 Å². The van der Waals surface area contributed by atoms with Crippen molar-refractivity contribution in [1.29, 1.82) is 0 Å². The van der Waals surface area contributed by atoms with Crippen LogP contribution in [-0.2, 0) is 6.42 Å². The topological polar surface area (TPSA) is 50.9 Å². The first kappa shape index (κ1) is 10.6. The molecule has 1 aromatic heterocycles. The summed E-state index contributed by atoms with van der Waals surface area (Å²) in [6.45, 7) is 4.15. The zero-order chi connectivity index (χ0) is 10.8. The van der Waals surface area contributed by atoms with E-state index in [0.717, 1.165) is 18.7 Å². The van der Waals surface area contributed by atoms with Gasteiger partial charge in [0.05, 0.1) is 6.10 Å². The third-order valence-electron chi connectivity index (χ3n) is 3.22. The normalized spacial score (nSPS) is 19.2. The van der Waals surface area contributed by atoms with E-state index in [-0.39, 0.29) is 6.10 Å². The van der Waals surface area contributed by atoms with Crippen molar-refractivity contribution in [2.75, 3.05) is 0 Å². The zero-order valence-electron chi connectivity index (χ0n) is 9.43. The molecule has 1 aliphatic carbocycles. The highest BCUT2D eigenvalue weighted by Gasteiger charge is 2.27. The van der Waals surface area contributed by atoms with Gasteiger partial charge >= 0.3 is 0 Å². The molecule has 2 rings (SSSR count). The van der Waals surface area contributed by atoms with Gasteiger partial charge in [0, 0.05) is 12.5 Å². The lowest BCUT2D eigenvalue weighted by atomic mass is 9.80. The lowest BCUT2D eigenvalue weighted by Crippen LogP contribution is -2.29. The summed E-state index contributed by atoms with van der Waals surface area (Å²) in [6.07, 6.45) is 5.57. The molecule has 1 atom stereocenters. The van der Waals surface area contributed by atoms with Gasteiger partial charge in [-0.2, -0.15) is 5.10 Å². The lowest BCUT2D eigenvalue weighted by molar-refractivity contribution is 0.0603. The van der Waals surface area contributed by atoms with Gasteiger partial charge in [-0.15, -0.1) is 0 Å². The molecule has 0 spiro atoms. The van der Waals surface area contributed by atoms with Crippen molar-refractivity contribution in [3.63, 3.8) is 0 Å². The van der Waals surface area contributed by atoms with Crippen LogP contribution < -0.4 is 0 Å². The highest BCUT2D eigenvalue weighted by molar-refractivity contribution is 4.92. The summed E-state index contributed by atoms with van der Waals surface area (Å²) >= 11 is 0. The Morgan fingerprint density at radius 2 is 2.27 bits per heavy atom. The van der Waals surface area contributed by atoms with E-state index in [1.165, 1.54) is 6.42 Å². The fourth-order valence-electron chi connectivity index (χ4n) is 2.03. The SMILES string of the molecule is CC(C)n1ncnc1CC(O)C1CCC1. The molecule has 84 valence electrons. The summed E-state index contributed by atoms with van der Waals surface area (Å²) in [5.74, 6) is 1.40. The maximum absolute atomic E-state index is 9.97. The van der Waals surface area contributed by atoms with E-state index in [2.05, 4.69) is 23.9 Å². The molecular weight excluding hydrogens is 190 g/mol. The minimum absolute atomic E-state index is 0.236. The van der Waals surface area contributed by atoms with Crippen molar-refractivity contribution >= 4 is 0 Å². The second kappa shape index (κ2) is 4.31. The Kier molecular flexibility index (Phi) is 3.05. The monoisotopic (exact) mass is 209 g/mol. The Morgan fingerprint density at radius 3 is 2.80 bits per heavy atom. The van der Waals surface area contributed by atoms with Crippen molar-refractivity contribution in [3.05, 3.63) is 12.2 Å². The van der Waals surface area contributed by atoms with Crippen molar-refractivity contribution in [2.45, 2.75) is 51.7 Å². The molecule has 4 nitrogen and oxygen atoms in total. The van der Waals surface area contributed by atoms with Crippen LogP contribution in [0.15, 0.2) is 6.33 Å². The average Bonchev–Trinajstić information content (AvgIpc) is 2.48. The molecule has 1 aromatic rings. The van der Waals surface area contributed by atoms with E-state index in [9.17, 15) is 5.11 Å². The van der Waals surface area contributed by atoms with Gasteiger partial charge in [0.1, 0.15) is 12.2 Å². The molecule has 1 unspecified atom stereocenters. The third-order valence-corrected chi connectivity index (χ3v) is 3.22. The summed E-state index contributed by atoms with van der Waals surface area (Å²) in [5.41, 5.74) is 0. The summed E-state index contributed by atoms with van der Waals surface area (Å²) < 4.78 is 1.89. The molecule has 15 heavy (non-hydrogen) atoms. The maximum atomic E-state index is 9.97. The van der Waals surface area contributed by atoms with Crippen molar-refractivity contribution < 1.29 is 5.11 Å². The van der Waals surface area contributed by atoms with Crippen LogP contribution in [0.3, 0.4) is 0 Å². The zero-order valence-corrected chi connectivity index (χ0v) is 9.43. The van der Waals surface area contributed by atoms with Gasteiger partial charge in [0.25, 0.3) is 0 Å². The Morgan fingerprint density at radius 1 is 1.53 bits per heavy atom. The number of nitrogens with zero attached hydrogens (tertiary/aromatic N) is 3. The van der Waals surface area contributed by atoms with E-state index in [0.29, 0.717) is 18.4 Å². The van der Waals surface area contributed by atoms with Crippen LogP contribution in [0, 0.1) is 5.92 Å². The van der Waals surface area contributed by atoms with Crippen molar-refractivity contribution in [3.8, 4) is 0 Å². The quantitative estimate of drug-likeness (QED) is 0.818. The van der Waals surface area contributed by atoms with Crippen molar-refractivity contribution in [2.24, 2.45) is 5.92 Å². The largest absolute Gasteiger partial charge is 0.392 e. The number of hydrogen-bond acceptors (Lipinski definition) is 3. The van der Waals surface area contributed by atoms with Crippen LogP contribution in [0.2, 0.25) is 0 Å². The maximum Gasteiger partial charge on any atom is 0.138 e. The highest BCUT2D eigenvalue weighted by atomic mass is 16.3. The molecule has 1 fully saturated rings. The van der Waals surface area contributed by atoms with Gasteiger partial charge in [-0.25, -0.2) is 9.67 Å². The minimum atomic E-state index is -0.236. The van der Waals surface area contributed by atoms with Gasteiger partial charge in [0.2, 0.25) is 0 Å². The molecule has 0 amide bonds. The lowest BCUT2D eigenvalue weighted by Gasteiger charge is -2.30. The van der Waals surface area contributed by atoms with Gasteiger partial charge in [0.15, 0.2) is 0 Å². The van der Waals surface area contributed by atoms with Crippen LogP contribution in [0.25, 0.3) is 0 Å². The molecule has 0 aliphatic heterocycles. The predicted molar refractivity (Wildman–Crippen MR) is 57.5 cm³/mol. The summed E-state index contributed by atoms with van der Waals surface area (Å²) in [5, 5.41) is 14.1. The number of aliphatic hydroxyl groups excluding tert-OH is 1. The smallest absolute Gasteiger partial charge is 0.138 e. The predicted octanol–water partition coefficient (Wildman–Crippen LogP) is 1.56. The van der Waals surface area contributed by atoms with E-state index < -0.39 is 0 Å². The Hall–Kier alpha value is -0.900. The molecule has 4 heteroatoms. The first-order valence-electron chi connectivity index (χ1n) is 5.75. The second-order valence-corrected chi connectivity index (χ2v) is 4.68. The fraction of sp³-hybridized carbons (Fsp3) is 0.818. The number of rotatable bonds is 4. The Bertz CT molecular complexity index is 317. The second-order valence-electron chi connectivity index (χ2n) is 4.68. The number of aromatic nitrogens is 3. The molecule has 1 aliphatic rings. The van der Waals surface area contributed by atoms with E-state index in [1.807, 2.05) is 4.68 Å². The summed E-state index contributed by atoms with van der Waals surface area (Å²) in [7, 11) is 0. The van der Waals surface area contributed by atoms with E-state index >= 15 is 0 Å². The van der Waals surface area contributed by atoms with Crippen LogP contribution in [0.1, 0.15) is 45.0 Å². The van der Waals surface area contributed by atoms with Gasteiger partial charge in [-0.05, 0) is 32.6 Å². The molecule has 0 aromatic carbocycles. The standard InChI is InChI=1S/C11H19N3O/c1-8(2)14-11(12-7-13-14)6-10(15)9-4-3-5-9/h7-10,15H,3-6H2,1-2H3. The van der Waals surface area contributed by atoms with Crippen LogP contribution in [-0.4, -0.2) is 26.0 Å². The molecular formula is C11H19N3O. The van der Waals surface area contributed by atoms with Gasteiger partial charge in [-0.1, -0.05) is 6.42 Å². The summed E-state index contributed by atoms with van der Waals surface area (Å²) in [4.78, 5) is 4.21. The first-order valence-corrected chi connectivity index (χ1v) is 5.75. The van der Waals surface area contributed by atoms with E-state index in [1.54, 1.807) is 6.33 Å².